The lowest BCUT2D eigenvalue weighted by Gasteiger charge is -2.06. The molecule has 0 bridgehead atoms. The number of halogens is 1. The topological polar surface area (TPSA) is 63.0 Å². The van der Waals surface area contributed by atoms with Crippen LogP contribution in [0.5, 0.6) is 0 Å². The first kappa shape index (κ1) is 15.0. The SMILES string of the molecule is Cc1cc(Br)ccc1Nc1nnc(CNCC(C)C)o1. The van der Waals surface area contributed by atoms with Crippen molar-refractivity contribution >= 4 is 27.6 Å². The van der Waals surface area contributed by atoms with E-state index >= 15 is 0 Å². The molecule has 2 aromatic rings. The normalized spacial score (nSPS) is 11.1. The van der Waals surface area contributed by atoms with Crippen LogP contribution >= 0.6 is 15.9 Å². The van der Waals surface area contributed by atoms with E-state index in [1.807, 2.05) is 25.1 Å². The minimum Gasteiger partial charge on any atom is -0.406 e. The van der Waals surface area contributed by atoms with E-state index in [2.05, 4.69) is 50.6 Å². The van der Waals surface area contributed by atoms with Gasteiger partial charge in [0.25, 0.3) is 0 Å². The summed E-state index contributed by atoms with van der Waals surface area (Å²) in [6.45, 7) is 7.85. The van der Waals surface area contributed by atoms with Gasteiger partial charge < -0.3 is 15.1 Å². The van der Waals surface area contributed by atoms with E-state index in [-0.39, 0.29) is 0 Å². The summed E-state index contributed by atoms with van der Waals surface area (Å²) in [5.41, 5.74) is 2.07. The average Bonchev–Trinajstić information content (AvgIpc) is 2.80. The van der Waals surface area contributed by atoms with Gasteiger partial charge in [-0.05, 0) is 43.1 Å². The summed E-state index contributed by atoms with van der Waals surface area (Å²) in [5, 5.41) is 14.4. The van der Waals surface area contributed by atoms with Crippen LogP contribution in [0.15, 0.2) is 27.1 Å². The van der Waals surface area contributed by atoms with E-state index in [9.17, 15) is 0 Å². The van der Waals surface area contributed by atoms with Crippen molar-refractivity contribution in [1.29, 1.82) is 0 Å². The van der Waals surface area contributed by atoms with Crippen LogP contribution in [0.2, 0.25) is 0 Å². The van der Waals surface area contributed by atoms with Gasteiger partial charge in [0.15, 0.2) is 0 Å². The number of hydrogen-bond donors (Lipinski definition) is 2. The van der Waals surface area contributed by atoms with Gasteiger partial charge in [-0.2, -0.15) is 0 Å². The molecular formula is C14H19BrN4O. The predicted octanol–water partition coefficient (Wildman–Crippen LogP) is 3.63. The van der Waals surface area contributed by atoms with Gasteiger partial charge in [-0.3, -0.25) is 0 Å². The highest BCUT2D eigenvalue weighted by Crippen LogP contribution is 2.23. The van der Waals surface area contributed by atoms with Crippen molar-refractivity contribution in [3.63, 3.8) is 0 Å². The standard InChI is InChI=1S/C14H19BrN4O/c1-9(2)7-16-8-13-18-19-14(20-13)17-12-5-4-11(15)6-10(12)3/h4-6,9,16H,7-8H2,1-3H3,(H,17,19). The Morgan fingerprint density at radius 3 is 2.80 bits per heavy atom. The van der Waals surface area contributed by atoms with Gasteiger partial charge >= 0.3 is 6.01 Å². The van der Waals surface area contributed by atoms with Crippen LogP contribution in [-0.4, -0.2) is 16.7 Å². The molecule has 1 heterocycles. The zero-order chi connectivity index (χ0) is 14.5. The fourth-order valence-electron chi connectivity index (χ4n) is 1.73. The van der Waals surface area contributed by atoms with Gasteiger partial charge in [-0.15, -0.1) is 5.10 Å². The largest absolute Gasteiger partial charge is 0.406 e. The molecule has 0 amide bonds. The second kappa shape index (κ2) is 6.85. The third kappa shape index (κ3) is 4.31. The van der Waals surface area contributed by atoms with Gasteiger partial charge in [0.1, 0.15) is 0 Å². The fourth-order valence-corrected chi connectivity index (χ4v) is 2.20. The Bertz CT molecular complexity index is 568. The highest BCUT2D eigenvalue weighted by atomic mass is 79.9. The Morgan fingerprint density at radius 1 is 1.30 bits per heavy atom. The van der Waals surface area contributed by atoms with E-state index in [0.29, 0.717) is 24.4 Å². The molecule has 0 unspecified atom stereocenters. The van der Waals surface area contributed by atoms with Gasteiger partial charge in [0.2, 0.25) is 5.89 Å². The third-order valence-electron chi connectivity index (χ3n) is 2.73. The lowest BCUT2D eigenvalue weighted by Crippen LogP contribution is -2.19. The van der Waals surface area contributed by atoms with Crippen molar-refractivity contribution < 1.29 is 4.42 Å². The number of hydrogen-bond acceptors (Lipinski definition) is 5. The van der Waals surface area contributed by atoms with E-state index in [1.54, 1.807) is 0 Å². The number of nitrogens with zero attached hydrogens (tertiary/aromatic N) is 2. The van der Waals surface area contributed by atoms with Crippen LogP contribution in [0.4, 0.5) is 11.7 Å². The minimum absolute atomic E-state index is 0.414. The van der Waals surface area contributed by atoms with Crippen LogP contribution in [0.1, 0.15) is 25.3 Å². The first-order chi connectivity index (χ1) is 9.54. The van der Waals surface area contributed by atoms with E-state index in [0.717, 1.165) is 22.3 Å². The number of anilines is 2. The maximum atomic E-state index is 5.55. The summed E-state index contributed by atoms with van der Waals surface area (Å²) in [6, 6.07) is 6.39. The zero-order valence-corrected chi connectivity index (χ0v) is 13.5. The maximum Gasteiger partial charge on any atom is 0.320 e. The molecular weight excluding hydrogens is 320 g/mol. The molecule has 2 rings (SSSR count). The number of aromatic nitrogens is 2. The van der Waals surface area contributed by atoms with Crippen LogP contribution in [-0.2, 0) is 6.54 Å². The van der Waals surface area contributed by atoms with Crippen molar-refractivity contribution in [2.75, 3.05) is 11.9 Å². The molecule has 6 heteroatoms. The van der Waals surface area contributed by atoms with Gasteiger partial charge in [-0.1, -0.05) is 34.9 Å². The Balaban J connectivity index is 1.95. The Kier molecular flexibility index (Phi) is 5.14. The second-order valence-electron chi connectivity index (χ2n) is 5.11. The first-order valence-corrected chi connectivity index (χ1v) is 7.40. The van der Waals surface area contributed by atoms with Gasteiger partial charge in [-0.25, -0.2) is 0 Å². The first-order valence-electron chi connectivity index (χ1n) is 6.61. The van der Waals surface area contributed by atoms with Crippen LogP contribution in [0.3, 0.4) is 0 Å². The zero-order valence-electron chi connectivity index (χ0n) is 11.9. The molecule has 0 saturated heterocycles. The summed E-state index contributed by atoms with van der Waals surface area (Å²) in [7, 11) is 0. The van der Waals surface area contributed by atoms with Crippen molar-refractivity contribution in [3.05, 3.63) is 34.1 Å². The van der Waals surface area contributed by atoms with Crippen LogP contribution < -0.4 is 10.6 Å². The molecule has 2 N–H and O–H groups in total. The molecule has 0 aliphatic carbocycles. The predicted molar refractivity (Wildman–Crippen MR) is 83.0 cm³/mol. The smallest absolute Gasteiger partial charge is 0.320 e. The highest BCUT2D eigenvalue weighted by Gasteiger charge is 2.07. The Hall–Kier alpha value is -1.40. The molecule has 5 nitrogen and oxygen atoms in total. The van der Waals surface area contributed by atoms with Crippen molar-refractivity contribution in [1.82, 2.24) is 15.5 Å². The highest BCUT2D eigenvalue weighted by molar-refractivity contribution is 9.10. The Labute approximate surface area is 127 Å². The fraction of sp³-hybridized carbons (Fsp3) is 0.429. The van der Waals surface area contributed by atoms with E-state index < -0.39 is 0 Å². The molecule has 0 radical (unpaired) electrons. The molecule has 0 aliphatic heterocycles. The third-order valence-corrected chi connectivity index (χ3v) is 3.22. The molecule has 0 saturated carbocycles. The maximum absolute atomic E-state index is 5.55. The number of aryl methyl sites for hydroxylation is 1. The summed E-state index contributed by atoms with van der Waals surface area (Å²) < 4.78 is 6.59. The molecule has 1 aromatic carbocycles. The van der Waals surface area contributed by atoms with Crippen molar-refractivity contribution in [2.24, 2.45) is 5.92 Å². The van der Waals surface area contributed by atoms with Crippen molar-refractivity contribution in [3.8, 4) is 0 Å². The number of rotatable bonds is 6. The van der Waals surface area contributed by atoms with Gasteiger partial charge in [0.05, 0.1) is 6.54 Å². The second-order valence-corrected chi connectivity index (χ2v) is 6.03. The van der Waals surface area contributed by atoms with Crippen molar-refractivity contribution in [2.45, 2.75) is 27.3 Å². The molecule has 0 spiro atoms. The number of nitrogens with one attached hydrogen (secondary N) is 2. The lowest BCUT2D eigenvalue weighted by molar-refractivity contribution is 0.460. The summed E-state index contributed by atoms with van der Waals surface area (Å²) in [5.74, 6) is 1.18. The summed E-state index contributed by atoms with van der Waals surface area (Å²) >= 11 is 3.44. The number of benzene rings is 1. The molecule has 0 aliphatic rings. The van der Waals surface area contributed by atoms with E-state index in [1.165, 1.54) is 0 Å². The Morgan fingerprint density at radius 2 is 2.10 bits per heavy atom. The van der Waals surface area contributed by atoms with Crippen LogP contribution in [0, 0.1) is 12.8 Å². The molecule has 0 fully saturated rings. The van der Waals surface area contributed by atoms with Gasteiger partial charge in [0, 0.05) is 10.2 Å². The summed E-state index contributed by atoms with van der Waals surface area (Å²) in [4.78, 5) is 0. The molecule has 1 aromatic heterocycles. The summed E-state index contributed by atoms with van der Waals surface area (Å²) in [6.07, 6.45) is 0. The lowest BCUT2D eigenvalue weighted by atomic mass is 10.2. The molecule has 20 heavy (non-hydrogen) atoms. The van der Waals surface area contributed by atoms with Crippen LogP contribution in [0.25, 0.3) is 0 Å². The molecule has 0 atom stereocenters. The quantitative estimate of drug-likeness (QED) is 0.841. The monoisotopic (exact) mass is 338 g/mol. The minimum atomic E-state index is 0.414. The average molecular weight is 339 g/mol. The molecule has 108 valence electrons. The van der Waals surface area contributed by atoms with E-state index in [4.69, 9.17) is 4.42 Å².